The van der Waals surface area contributed by atoms with Gasteiger partial charge in [0.15, 0.2) is 8.32 Å². The van der Waals surface area contributed by atoms with Gasteiger partial charge in [-0.05, 0) is 18.1 Å². The fourth-order valence-corrected chi connectivity index (χ4v) is 3.13. The fourth-order valence-electron chi connectivity index (χ4n) is 1.77. The Balaban J connectivity index is 2.78. The second-order valence-electron chi connectivity index (χ2n) is 6.40. The van der Waals surface area contributed by atoms with Crippen molar-refractivity contribution >= 4 is 20.7 Å². The summed E-state index contributed by atoms with van der Waals surface area (Å²) < 4.78 is 6.15. The molecule has 0 aromatic carbocycles. The van der Waals surface area contributed by atoms with Gasteiger partial charge in [0.05, 0.1) is 12.0 Å². The van der Waals surface area contributed by atoms with Crippen LogP contribution in [0.2, 0.25) is 18.1 Å². The average molecular weight is 273 g/mol. The minimum absolute atomic E-state index is 0.0527. The minimum Gasteiger partial charge on any atom is -0.465 e. The zero-order valence-corrected chi connectivity index (χ0v) is 12.8. The van der Waals surface area contributed by atoms with Gasteiger partial charge in [-0.25, -0.2) is 4.79 Å². The molecule has 0 saturated carbocycles. The minimum atomic E-state index is -1.97. The molecule has 0 bridgehead atoms. The van der Waals surface area contributed by atoms with Crippen LogP contribution < -0.4 is 0 Å². The summed E-state index contributed by atoms with van der Waals surface area (Å²) in [5, 5.41) is 9.02. The van der Waals surface area contributed by atoms with Crippen LogP contribution in [0, 0.1) is 5.92 Å². The number of aldehydes is 1. The molecular weight excluding hydrogens is 250 g/mol. The van der Waals surface area contributed by atoms with Crippen molar-refractivity contribution in [3.05, 3.63) is 0 Å². The Morgan fingerprint density at radius 3 is 2.33 bits per heavy atom. The maximum absolute atomic E-state index is 11.0. The van der Waals surface area contributed by atoms with Crippen LogP contribution in [0.3, 0.4) is 0 Å². The Labute approximate surface area is 109 Å². The lowest BCUT2D eigenvalue weighted by Gasteiger charge is -2.39. The summed E-state index contributed by atoms with van der Waals surface area (Å²) in [6.07, 6.45) is -0.455. The highest BCUT2D eigenvalue weighted by molar-refractivity contribution is 6.74. The fraction of sp³-hybridized carbons (Fsp3) is 0.833. The van der Waals surface area contributed by atoms with Crippen LogP contribution in [-0.2, 0) is 9.22 Å². The van der Waals surface area contributed by atoms with E-state index < -0.39 is 14.4 Å². The molecule has 1 heterocycles. The number of rotatable bonds is 3. The van der Waals surface area contributed by atoms with Gasteiger partial charge >= 0.3 is 6.09 Å². The molecule has 0 aliphatic carbocycles. The Bertz CT molecular complexity index is 337. The number of carboxylic acid groups (broad SMARTS) is 1. The van der Waals surface area contributed by atoms with Crippen LogP contribution in [-0.4, -0.2) is 49.9 Å². The molecule has 1 amide bonds. The van der Waals surface area contributed by atoms with Crippen LogP contribution >= 0.6 is 0 Å². The molecule has 18 heavy (non-hydrogen) atoms. The number of hydrogen-bond donors (Lipinski definition) is 1. The van der Waals surface area contributed by atoms with Gasteiger partial charge in [0.1, 0.15) is 6.29 Å². The zero-order valence-electron chi connectivity index (χ0n) is 11.8. The van der Waals surface area contributed by atoms with Crippen molar-refractivity contribution in [2.24, 2.45) is 5.92 Å². The number of hydrogen-bond acceptors (Lipinski definition) is 3. The second kappa shape index (κ2) is 5.01. The van der Waals surface area contributed by atoms with Gasteiger partial charge in [-0.15, -0.1) is 0 Å². The van der Waals surface area contributed by atoms with Gasteiger partial charge in [-0.1, -0.05) is 20.8 Å². The maximum atomic E-state index is 11.0. The Kier molecular flexibility index (Phi) is 4.22. The summed E-state index contributed by atoms with van der Waals surface area (Å²) >= 11 is 0. The quantitative estimate of drug-likeness (QED) is 0.632. The first kappa shape index (κ1) is 15.2. The highest BCUT2D eigenvalue weighted by atomic mass is 28.4. The lowest BCUT2D eigenvalue weighted by atomic mass is 10.1. The molecule has 0 radical (unpaired) electrons. The lowest BCUT2D eigenvalue weighted by Crippen LogP contribution is -2.46. The van der Waals surface area contributed by atoms with Gasteiger partial charge in [-0.2, -0.15) is 0 Å². The van der Waals surface area contributed by atoms with Gasteiger partial charge in [-0.3, -0.25) is 0 Å². The SMILES string of the molecule is CC(C)(C)[Si](C)(C)O[C@@H]1CN(C(=O)O)C[C@@H]1C=O. The second-order valence-corrected chi connectivity index (χ2v) is 11.2. The van der Waals surface area contributed by atoms with Crippen LogP contribution in [0.25, 0.3) is 0 Å². The molecule has 2 atom stereocenters. The molecular formula is C12H23NO4Si. The molecule has 104 valence electrons. The third-order valence-electron chi connectivity index (χ3n) is 4.01. The summed E-state index contributed by atoms with van der Waals surface area (Å²) in [4.78, 5) is 23.2. The molecule has 6 heteroatoms. The highest BCUT2D eigenvalue weighted by Gasteiger charge is 2.44. The molecule has 0 spiro atoms. The molecule has 0 unspecified atom stereocenters. The standard InChI is InChI=1S/C12H23NO4Si/c1-12(2,3)18(4,5)17-10-7-13(11(15)16)6-9(10)8-14/h8-10H,6-7H2,1-5H3,(H,15,16)/t9-,10-/m1/s1. The summed E-state index contributed by atoms with van der Waals surface area (Å²) in [6, 6.07) is 0. The van der Waals surface area contributed by atoms with Crippen LogP contribution in [0.5, 0.6) is 0 Å². The van der Waals surface area contributed by atoms with E-state index in [2.05, 4.69) is 33.9 Å². The third kappa shape index (κ3) is 3.11. The van der Waals surface area contributed by atoms with Crippen molar-refractivity contribution < 1.29 is 19.1 Å². The first-order chi connectivity index (χ1) is 8.08. The first-order valence-electron chi connectivity index (χ1n) is 6.19. The summed E-state index contributed by atoms with van der Waals surface area (Å²) in [5.74, 6) is -0.338. The molecule has 1 fully saturated rings. The van der Waals surface area contributed by atoms with E-state index in [4.69, 9.17) is 9.53 Å². The van der Waals surface area contributed by atoms with E-state index in [-0.39, 0.29) is 23.6 Å². The molecule has 1 saturated heterocycles. The number of nitrogens with zero attached hydrogens (tertiary/aromatic N) is 1. The normalized spacial score (nSPS) is 25.3. The Hall–Kier alpha value is -0.883. The zero-order chi connectivity index (χ0) is 14.1. The van der Waals surface area contributed by atoms with E-state index in [1.54, 1.807) is 0 Å². The number of amides is 1. The van der Waals surface area contributed by atoms with Crippen molar-refractivity contribution in [1.82, 2.24) is 4.90 Å². The van der Waals surface area contributed by atoms with Crippen LogP contribution in [0.1, 0.15) is 20.8 Å². The van der Waals surface area contributed by atoms with E-state index in [0.717, 1.165) is 6.29 Å². The lowest BCUT2D eigenvalue weighted by molar-refractivity contribution is -0.112. The van der Waals surface area contributed by atoms with Gasteiger partial charge in [0.25, 0.3) is 0 Å². The van der Waals surface area contributed by atoms with E-state index in [1.807, 2.05) is 0 Å². The summed E-state index contributed by atoms with van der Waals surface area (Å²) in [7, 11) is -1.97. The predicted octanol–water partition coefficient (Wildman–Crippen LogP) is 2.19. The number of carbonyl (C=O) groups is 2. The first-order valence-corrected chi connectivity index (χ1v) is 9.10. The van der Waals surface area contributed by atoms with Gasteiger partial charge < -0.3 is 19.2 Å². The summed E-state index contributed by atoms with van der Waals surface area (Å²) in [6.45, 7) is 11.1. The van der Waals surface area contributed by atoms with Crippen molar-refractivity contribution in [1.29, 1.82) is 0 Å². The number of carbonyl (C=O) groups excluding carboxylic acids is 1. The molecule has 1 rings (SSSR count). The molecule has 5 nitrogen and oxygen atoms in total. The predicted molar refractivity (Wildman–Crippen MR) is 71.2 cm³/mol. The van der Waals surface area contributed by atoms with Crippen LogP contribution in [0.15, 0.2) is 0 Å². The smallest absolute Gasteiger partial charge is 0.407 e. The summed E-state index contributed by atoms with van der Waals surface area (Å²) in [5.41, 5.74) is 0. The van der Waals surface area contributed by atoms with Crippen molar-refractivity contribution in [3.8, 4) is 0 Å². The Morgan fingerprint density at radius 1 is 1.39 bits per heavy atom. The van der Waals surface area contributed by atoms with Gasteiger partial charge in [0, 0.05) is 13.1 Å². The molecule has 1 aliphatic heterocycles. The molecule has 1 N–H and O–H groups in total. The molecule has 0 aromatic heterocycles. The van der Waals surface area contributed by atoms with Crippen LogP contribution in [0.4, 0.5) is 4.79 Å². The van der Waals surface area contributed by atoms with E-state index in [1.165, 1.54) is 4.90 Å². The van der Waals surface area contributed by atoms with Crippen molar-refractivity contribution in [2.75, 3.05) is 13.1 Å². The van der Waals surface area contributed by atoms with Gasteiger partial charge in [0.2, 0.25) is 0 Å². The third-order valence-corrected chi connectivity index (χ3v) is 8.51. The Morgan fingerprint density at radius 2 is 1.94 bits per heavy atom. The highest BCUT2D eigenvalue weighted by Crippen LogP contribution is 2.38. The average Bonchev–Trinajstić information content (AvgIpc) is 2.58. The maximum Gasteiger partial charge on any atom is 0.407 e. The monoisotopic (exact) mass is 273 g/mol. The topological polar surface area (TPSA) is 66.8 Å². The van der Waals surface area contributed by atoms with E-state index in [0.29, 0.717) is 6.54 Å². The number of likely N-dealkylation sites (tertiary alicyclic amines) is 1. The largest absolute Gasteiger partial charge is 0.465 e. The molecule has 0 aromatic rings. The molecule has 1 aliphatic rings. The van der Waals surface area contributed by atoms with Crippen molar-refractivity contribution in [2.45, 2.75) is 45.0 Å². The van der Waals surface area contributed by atoms with E-state index >= 15 is 0 Å². The van der Waals surface area contributed by atoms with E-state index in [9.17, 15) is 9.59 Å². The van der Waals surface area contributed by atoms with Crippen molar-refractivity contribution in [3.63, 3.8) is 0 Å².